The number of hydrogen-bond donors (Lipinski definition) is 1. The van der Waals surface area contributed by atoms with Crippen LogP contribution in [0.2, 0.25) is 0 Å². The van der Waals surface area contributed by atoms with Crippen LogP contribution in [-0.4, -0.2) is 29.9 Å². The number of nitrogens with zero attached hydrogens (tertiary/aromatic N) is 1. The van der Waals surface area contributed by atoms with E-state index in [9.17, 15) is 4.79 Å². The third-order valence-corrected chi connectivity index (χ3v) is 4.01. The lowest BCUT2D eigenvalue weighted by atomic mass is 10.2. The van der Waals surface area contributed by atoms with Crippen LogP contribution in [0.15, 0.2) is 27.6 Å². The number of rotatable bonds is 3. The minimum atomic E-state index is -0.741. The molecule has 1 aliphatic rings. The zero-order valence-corrected chi connectivity index (χ0v) is 11.1. The summed E-state index contributed by atoms with van der Waals surface area (Å²) < 4.78 is 1.04. The number of hydrogen-bond acceptors (Lipinski definition) is 3. The molecule has 3 nitrogen and oxygen atoms in total. The topological polar surface area (TPSA) is 40.5 Å². The average molecular weight is 302 g/mol. The van der Waals surface area contributed by atoms with Gasteiger partial charge < -0.3 is 10.0 Å². The van der Waals surface area contributed by atoms with Gasteiger partial charge in [0.25, 0.3) is 0 Å². The number of anilines is 1. The summed E-state index contributed by atoms with van der Waals surface area (Å²) in [5.41, 5.74) is 1.15. The maximum atomic E-state index is 10.6. The highest BCUT2D eigenvalue weighted by molar-refractivity contribution is 9.10. The molecule has 0 saturated heterocycles. The van der Waals surface area contributed by atoms with Crippen molar-refractivity contribution in [3.63, 3.8) is 0 Å². The van der Waals surface area contributed by atoms with Crippen LogP contribution in [0.4, 0.5) is 5.69 Å². The number of carbonyl (C=O) groups is 1. The van der Waals surface area contributed by atoms with E-state index < -0.39 is 5.97 Å². The highest BCUT2D eigenvalue weighted by atomic mass is 79.9. The van der Waals surface area contributed by atoms with Crippen molar-refractivity contribution in [2.45, 2.75) is 11.3 Å². The van der Waals surface area contributed by atoms with Crippen molar-refractivity contribution in [3.8, 4) is 0 Å². The van der Waals surface area contributed by atoms with Crippen molar-refractivity contribution in [1.82, 2.24) is 0 Å². The first-order valence-electron chi connectivity index (χ1n) is 5.06. The third kappa shape index (κ3) is 2.71. The Balaban J connectivity index is 2.18. The SMILES string of the molecule is O=C(O)CCN1CCSc2ccc(Br)cc21. The second-order valence-corrected chi connectivity index (χ2v) is 5.64. The number of carboxylic acids is 1. The van der Waals surface area contributed by atoms with Gasteiger partial charge in [-0.15, -0.1) is 11.8 Å². The van der Waals surface area contributed by atoms with Crippen LogP contribution in [0.25, 0.3) is 0 Å². The van der Waals surface area contributed by atoms with Crippen LogP contribution in [0, 0.1) is 0 Å². The Hall–Kier alpha value is -0.680. The highest BCUT2D eigenvalue weighted by Gasteiger charge is 2.17. The van der Waals surface area contributed by atoms with E-state index in [-0.39, 0.29) is 6.42 Å². The van der Waals surface area contributed by atoms with E-state index in [1.165, 1.54) is 4.90 Å². The van der Waals surface area contributed by atoms with Gasteiger partial charge in [-0.2, -0.15) is 0 Å². The molecule has 0 atom stereocenters. The maximum absolute atomic E-state index is 10.6. The lowest BCUT2D eigenvalue weighted by molar-refractivity contribution is -0.136. The monoisotopic (exact) mass is 301 g/mol. The molecule has 0 aromatic heterocycles. The van der Waals surface area contributed by atoms with Gasteiger partial charge in [0.1, 0.15) is 0 Å². The predicted molar refractivity (Wildman–Crippen MR) is 69.3 cm³/mol. The van der Waals surface area contributed by atoms with E-state index in [1.54, 1.807) is 0 Å². The minimum Gasteiger partial charge on any atom is -0.481 e. The summed E-state index contributed by atoms with van der Waals surface area (Å²) in [6.45, 7) is 1.50. The van der Waals surface area contributed by atoms with Crippen LogP contribution in [0.5, 0.6) is 0 Å². The van der Waals surface area contributed by atoms with Crippen molar-refractivity contribution in [1.29, 1.82) is 0 Å². The normalized spacial score (nSPS) is 14.7. The molecule has 1 aliphatic heterocycles. The van der Waals surface area contributed by atoms with E-state index in [4.69, 9.17) is 5.11 Å². The Kier molecular flexibility index (Phi) is 3.76. The predicted octanol–water partition coefficient (Wildman–Crippen LogP) is 2.84. The van der Waals surface area contributed by atoms with Crippen molar-refractivity contribution in [2.24, 2.45) is 0 Å². The first-order chi connectivity index (χ1) is 7.66. The quantitative estimate of drug-likeness (QED) is 0.932. The lowest BCUT2D eigenvalue weighted by Gasteiger charge is -2.30. The lowest BCUT2D eigenvalue weighted by Crippen LogP contribution is -2.31. The van der Waals surface area contributed by atoms with Gasteiger partial charge in [-0.25, -0.2) is 0 Å². The van der Waals surface area contributed by atoms with Crippen LogP contribution >= 0.6 is 27.7 Å². The molecule has 0 unspecified atom stereocenters. The largest absolute Gasteiger partial charge is 0.481 e. The van der Waals surface area contributed by atoms with E-state index in [2.05, 4.69) is 33.0 Å². The van der Waals surface area contributed by atoms with Gasteiger partial charge in [-0.1, -0.05) is 15.9 Å². The molecule has 1 heterocycles. The molecule has 86 valence electrons. The van der Waals surface area contributed by atoms with E-state index in [1.807, 2.05) is 17.8 Å². The fraction of sp³-hybridized carbons (Fsp3) is 0.364. The first kappa shape index (κ1) is 11.8. The van der Waals surface area contributed by atoms with Crippen molar-refractivity contribution in [3.05, 3.63) is 22.7 Å². The Morgan fingerprint density at radius 3 is 3.12 bits per heavy atom. The molecule has 2 rings (SSSR count). The van der Waals surface area contributed by atoms with E-state index in [0.29, 0.717) is 6.54 Å². The van der Waals surface area contributed by atoms with Gasteiger partial charge in [0.2, 0.25) is 0 Å². The van der Waals surface area contributed by atoms with Gasteiger partial charge in [-0.3, -0.25) is 4.79 Å². The molecule has 0 bridgehead atoms. The molecular weight excluding hydrogens is 290 g/mol. The summed E-state index contributed by atoms with van der Waals surface area (Å²) in [5.74, 6) is 0.281. The minimum absolute atomic E-state index is 0.191. The highest BCUT2D eigenvalue weighted by Crippen LogP contribution is 2.36. The molecule has 0 radical (unpaired) electrons. The Bertz CT molecular complexity index is 411. The Morgan fingerprint density at radius 1 is 1.56 bits per heavy atom. The molecule has 0 aliphatic carbocycles. The standard InChI is InChI=1S/C11H12BrNO2S/c12-8-1-2-10-9(7-8)13(5-6-16-10)4-3-11(14)15/h1-2,7H,3-6H2,(H,14,15). The fourth-order valence-electron chi connectivity index (χ4n) is 1.71. The Labute approximate surface area is 107 Å². The zero-order chi connectivity index (χ0) is 11.5. The number of carboxylic acid groups (broad SMARTS) is 1. The maximum Gasteiger partial charge on any atom is 0.305 e. The zero-order valence-electron chi connectivity index (χ0n) is 8.65. The van der Waals surface area contributed by atoms with E-state index in [0.717, 1.165) is 22.5 Å². The second-order valence-electron chi connectivity index (χ2n) is 3.59. The molecule has 1 aromatic rings. The summed E-state index contributed by atoms with van der Waals surface area (Å²) in [6.07, 6.45) is 0.191. The van der Waals surface area contributed by atoms with Crippen molar-refractivity contribution in [2.75, 3.05) is 23.7 Å². The molecule has 1 N–H and O–H groups in total. The number of aliphatic carboxylic acids is 1. The fourth-order valence-corrected chi connectivity index (χ4v) is 3.09. The van der Waals surface area contributed by atoms with Crippen LogP contribution in [0.3, 0.4) is 0 Å². The third-order valence-electron chi connectivity index (χ3n) is 2.48. The van der Waals surface area contributed by atoms with Gasteiger partial charge in [0, 0.05) is 28.2 Å². The van der Waals surface area contributed by atoms with Crippen LogP contribution in [-0.2, 0) is 4.79 Å². The summed E-state index contributed by atoms with van der Waals surface area (Å²) >= 11 is 5.27. The first-order valence-corrected chi connectivity index (χ1v) is 6.84. The summed E-state index contributed by atoms with van der Waals surface area (Å²) in [6, 6.07) is 6.16. The molecular formula is C11H12BrNO2S. The molecule has 16 heavy (non-hydrogen) atoms. The van der Waals surface area contributed by atoms with Crippen LogP contribution in [0.1, 0.15) is 6.42 Å². The van der Waals surface area contributed by atoms with Gasteiger partial charge >= 0.3 is 5.97 Å². The van der Waals surface area contributed by atoms with E-state index >= 15 is 0 Å². The van der Waals surface area contributed by atoms with Gasteiger partial charge in [-0.05, 0) is 18.2 Å². The second kappa shape index (κ2) is 5.10. The van der Waals surface area contributed by atoms with Crippen LogP contribution < -0.4 is 4.90 Å². The summed E-state index contributed by atoms with van der Waals surface area (Å²) in [4.78, 5) is 14.0. The number of benzene rings is 1. The molecule has 0 amide bonds. The smallest absolute Gasteiger partial charge is 0.305 e. The molecule has 0 fully saturated rings. The number of thioether (sulfide) groups is 1. The average Bonchev–Trinajstić information content (AvgIpc) is 2.26. The Morgan fingerprint density at radius 2 is 2.38 bits per heavy atom. The van der Waals surface area contributed by atoms with Crippen molar-refractivity contribution < 1.29 is 9.90 Å². The summed E-state index contributed by atoms with van der Waals surface area (Å²) in [5, 5.41) is 8.71. The van der Waals surface area contributed by atoms with Gasteiger partial charge in [0.15, 0.2) is 0 Å². The number of halogens is 1. The molecule has 1 aromatic carbocycles. The molecule has 5 heteroatoms. The number of fused-ring (bicyclic) bond motifs is 1. The molecule has 0 saturated carbocycles. The molecule has 0 spiro atoms. The van der Waals surface area contributed by atoms with Gasteiger partial charge in [0.05, 0.1) is 12.1 Å². The summed E-state index contributed by atoms with van der Waals surface area (Å²) in [7, 11) is 0. The van der Waals surface area contributed by atoms with Crippen molar-refractivity contribution >= 4 is 39.3 Å².